The van der Waals surface area contributed by atoms with Crippen molar-refractivity contribution in [2.24, 2.45) is 0 Å². The Morgan fingerprint density at radius 3 is 2.35 bits per heavy atom. The van der Waals surface area contributed by atoms with Gasteiger partial charge in [0.15, 0.2) is 0 Å². The first-order valence-electron chi connectivity index (χ1n) is 7.03. The first-order chi connectivity index (χ1) is 12.0. The van der Waals surface area contributed by atoms with Gasteiger partial charge < -0.3 is 4.74 Å². The molecule has 140 valence electrons. The van der Waals surface area contributed by atoms with Crippen molar-refractivity contribution in [3.05, 3.63) is 58.6 Å². The fourth-order valence-corrected chi connectivity index (χ4v) is 3.67. The molecule has 0 aromatic heterocycles. The molecule has 0 radical (unpaired) electrons. The van der Waals surface area contributed by atoms with Crippen molar-refractivity contribution >= 4 is 33.3 Å². The van der Waals surface area contributed by atoms with Gasteiger partial charge in [-0.05, 0) is 30.3 Å². The molecule has 0 aliphatic heterocycles. The van der Waals surface area contributed by atoms with Crippen LogP contribution in [0.4, 0.5) is 18.9 Å². The number of anilines is 1. The number of nitrogens with zero attached hydrogens (tertiary/aromatic N) is 1. The second-order valence-corrected chi connectivity index (χ2v) is 7.50. The first kappa shape index (κ1) is 20.1. The number of ether oxygens (including phenoxy) is 1. The lowest BCUT2D eigenvalue weighted by molar-refractivity contribution is -0.137. The van der Waals surface area contributed by atoms with Gasteiger partial charge >= 0.3 is 12.1 Å². The molecule has 0 atom stereocenters. The molecule has 0 saturated carbocycles. The van der Waals surface area contributed by atoms with Gasteiger partial charge in [-0.2, -0.15) is 13.2 Å². The van der Waals surface area contributed by atoms with E-state index in [0.29, 0.717) is 10.4 Å². The fraction of sp³-hybridized carbons (Fsp3) is 0.188. The summed E-state index contributed by atoms with van der Waals surface area (Å²) in [6, 6.07) is 7.94. The Bertz CT molecular complexity index is 945. The molecule has 0 amide bonds. The van der Waals surface area contributed by atoms with Crippen molar-refractivity contribution in [3.8, 4) is 0 Å². The van der Waals surface area contributed by atoms with Gasteiger partial charge in [0, 0.05) is 7.05 Å². The van der Waals surface area contributed by atoms with Crippen LogP contribution >= 0.6 is 11.6 Å². The second kappa shape index (κ2) is 7.16. The lowest BCUT2D eigenvalue weighted by atomic mass is 10.2. The van der Waals surface area contributed by atoms with Crippen LogP contribution in [0.3, 0.4) is 0 Å². The minimum Gasteiger partial charge on any atom is -0.465 e. The average molecular weight is 408 g/mol. The van der Waals surface area contributed by atoms with Gasteiger partial charge in [0.05, 0.1) is 33.8 Å². The Labute approximate surface area is 153 Å². The summed E-state index contributed by atoms with van der Waals surface area (Å²) in [5.74, 6) is -0.783. The summed E-state index contributed by atoms with van der Waals surface area (Å²) >= 11 is 5.52. The van der Waals surface area contributed by atoms with E-state index in [9.17, 15) is 26.4 Å². The van der Waals surface area contributed by atoms with Gasteiger partial charge in [-0.1, -0.05) is 23.7 Å². The molecular weight excluding hydrogens is 395 g/mol. The summed E-state index contributed by atoms with van der Waals surface area (Å²) in [5.41, 5.74) is -1.36. The summed E-state index contributed by atoms with van der Waals surface area (Å²) in [7, 11) is -2.14. The molecule has 5 nitrogen and oxygen atoms in total. The Kier molecular flexibility index (Phi) is 5.52. The Balaban J connectivity index is 2.57. The van der Waals surface area contributed by atoms with Crippen molar-refractivity contribution in [1.29, 1.82) is 0 Å². The van der Waals surface area contributed by atoms with E-state index in [4.69, 9.17) is 11.6 Å². The number of halogens is 4. The molecule has 0 aliphatic carbocycles. The number of methoxy groups -OCH3 is 1. The van der Waals surface area contributed by atoms with Crippen molar-refractivity contribution in [1.82, 2.24) is 0 Å². The first-order valence-corrected chi connectivity index (χ1v) is 8.85. The quantitative estimate of drug-likeness (QED) is 0.719. The van der Waals surface area contributed by atoms with Gasteiger partial charge in [-0.3, -0.25) is 4.31 Å². The third kappa shape index (κ3) is 3.78. The molecule has 0 fully saturated rings. The van der Waals surface area contributed by atoms with Gasteiger partial charge in [0.25, 0.3) is 10.0 Å². The standard InChI is InChI=1S/C16H13ClF3NO4S/c1-21(14-6-4-3-5-11(14)15(22)25-2)26(23,24)10-7-8-13(17)12(9-10)16(18,19)20/h3-9H,1-2H3. The number of benzene rings is 2. The van der Waals surface area contributed by atoms with Gasteiger partial charge in [0.1, 0.15) is 0 Å². The summed E-state index contributed by atoms with van der Waals surface area (Å²) < 4.78 is 69.8. The molecule has 2 aromatic rings. The molecule has 10 heteroatoms. The smallest absolute Gasteiger partial charge is 0.417 e. The number of rotatable bonds is 4. The number of para-hydroxylation sites is 1. The van der Waals surface area contributed by atoms with Gasteiger partial charge in [0.2, 0.25) is 0 Å². The molecular formula is C16H13ClF3NO4S. The highest BCUT2D eigenvalue weighted by molar-refractivity contribution is 7.92. The summed E-state index contributed by atoms with van der Waals surface area (Å²) in [5, 5.41) is -0.617. The average Bonchev–Trinajstić information content (AvgIpc) is 2.59. The normalized spacial score (nSPS) is 11.9. The van der Waals surface area contributed by atoms with Crippen molar-refractivity contribution in [3.63, 3.8) is 0 Å². The molecule has 0 heterocycles. The van der Waals surface area contributed by atoms with Crippen LogP contribution in [-0.2, 0) is 20.9 Å². The monoisotopic (exact) mass is 407 g/mol. The van der Waals surface area contributed by atoms with Crippen LogP contribution in [0.5, 0.6) is 0 Å². The number of carbonyl (C=O) groups excluding carboxylic acids is 1. The predicted molar refractivity (Wildman–Crippen MR) is 89.8 cm³/mol. The summed E-state index contributed by atoms with van der Waals surface area (Å²) in [6.45, 7) is 0. The van der Waals surface area contributed by atoms with E-state index in [2.05, 4.69) is 4.74 Å². The zero-order valence-corrected chi connectivity index (χ0v) is 15.1. The van der Waals surface area contributed by atoms with Crippen molar-refractivity contribution in [2.45, 2.75) is 11.1 Å². The topological polar surface area (TPSA) is 63.7 Å². The third-order valence-electron chi connectivity index (χ3n) is 3.55. The molecule has 0 aliphatic rings. The van der Waals surface area contributed by atoms with Crippen LogP contribution in [0.25, 0.3) is 0 Å². The summed E-state index contributed by atoms with van der Waals surface area (Å²) in [6.07, 6.45) is -4.81. The largest absolute Gasteiger partial charge is 0.465 e. The van der Waals surface area contributed by atoms with E-state index in [0.717, 1.165) is 26.3 Å². The van der Waals surface area contributed by atoms with Crippen molar-refractivity contribution in [2.75, 3.05) is 18.5 Å². The van der Waals surface area contributed by atoms with Gasteiger partial charge in [-0.15, -0.1) is 0 Å². The summed E-state index contributed by atoms with van der Waals surface area (Å²) in [4.78, 5) is 11.2. The highest BCUT2D eigenvalue weighted by Crippen LogP contribution is 2.37. The van der Waals surface area contributed by atoms with Crippen LogP contribution < -0.4 is 4.31 Å². The molecule has 0 spiro atoms. The number of alkyl halides is 3. The number of hydrogen-bond acceptors (Lipinski definition) is 4. The SMILES string of the molecule is COC(=O)c1ccccc1N(C)S(=O)(=O)c1ccc(Cl)c(C(F)(F)F)c1. The zero-order valence-electron chi connectivity index (χ0n) is 13.5. The van der Waals surface area contributed by atoms with Crippen LogP contribution in [0.15, 0.2) is 47.4 Å². The van der Waals surface area contributed by atoms with Crippen LogP contribution in [0, 0.1) is 0 Å². The minimum atomic E-state index is -4.81. The maximum absolute atomic E-state index is 13.0. The van der Waals surface area contributed by atoms with E-state index >= 15 is 0 Å². The molecule has 0 saturated heterocycles. The molecule has 0 N–H and O–H groups in total. The number of sulfonamides is 1. The highest BCUT2D eigenvalue weighted by Gasteiger charge is 2.35. The lowest BCUT2D eigenvalue weighted by Gasteiger charge is -2.22. The van der Waals surface area contributed by atoms with Gasteiger partial charge in [-0.25, -0.2) is 13.2 Å². The number of carbonyl (C=O) groups is 1. The lowest BCUT2D eigenvalue weighted by Crippen LogP contribution is -2.28. The van der Waals surface area contributed by atoms with Crippen LogP contribution in [0.1, 0.15) is 15.9 Å². The van der Waals surface area contributed by atoms with E-state index in [1.54, 1.807) is 0 Å². The van der Waals surface area contributed by atoms with Crippen molar-refractivity contribution < 1.29 is 31.1 Å². The maximum Gasteiger partial charge on any atom is 0.417 e. The van der Waals surface area contributed by atoms with E-state index in [-0.39, 0.29) is 11.3 Å². The van der Waals surface area contributed by atoms with Crippen LogP contribution in [0.2, 0.25) is 5.02 Å². The highest BCUT2D eigenvalue weighted by atomic mass is 35.5. The Morgan fingerprint density at radius 2 is 1.77 bits per heavy atom. The molecule has 26 heavy (non-hydrogen) atoms. The van der Waals surface area contributed by atoms with E-state index < -0.39 is 37.7 Å². The molecule has 0 bridgehead atoms. The van der Waals surface area contributed by atoms with E-state index in [1.165, 1.54) is 24.3 Å². The Morgan fingerprint density at radius 1 is 1.15 bits per heavy atom. The van der Waals surface area contributed by atoms with E-state index in [1.807, 2.05) is 0 Å². The minimum absolute atomic E-state index is 0.0390. The molecule has 2 aromatic carbocycles. The number of esters is 1. The zero-order chi connectivity index (χ0) is 19.7. The maximum atomic E-state index is 13.0. The predicted octanol–water partition coefficient (Wildman–Crippen LogP) is 3.97. The molecule has 2 rings (SSSR count). The number of hydrogen-bond donors (Lipinski definition) is 0. The Hall–Kier alpha value is -2.26. The third-order valence-corrected chi connectivity index (χ3v) is 5.65. The van der Waals surface area contributed by atoms with Crippen LogP contribution in [-0.4, -0.2) is 28.5 Å². The molecule has 0 unspecified atom stereocenters. The second-order valence-electron chi connectivity index (χ2n) is 5.12. The fourth-order valence-electron chi connectivity index (χ4n) is 2.20.